The third kappa shape index (κ3) is 5.11. The van der Waals surface area contributed by atoms with Gasteiger partial charge in [0.05, 0.1) is 13.7 Å². The van der Waals surface area contributed by atoms with Gasteiger partial charge in [-0.05, 0) is 73.6 Å². The lowest BCUT2D eigenvalue weighted by Gasteiger charge is -2.21. The third-order valence-electron chi connectivity index (χ3n) is 6.75. The zero-order valence-electron chi connectivity index (χ0n) is 20.9. The maximum Gasteiger partial charge on any atom is 0.180 e. The summed E-state index contributed by atoms with van der Waals surface area (Å²) in [4.78, 5) is 0. The molecule has 2 aromatic carbocycles. The van der Waals surface area contributed by atoms with Gasteiger partial charge in [-0.3, -0.25) is 5.41 Å². The highest BCUT2D eigenvalue weighted by Crippen LogP contribution is 2.41. The van der Waals surface area contributed by atoms with Crippen LogP contribution in [0.15, 0.2) is 65.8 Å². The smallest absolute Gasteiger partial charge is 0.180 e. The molecule has 1 heterocycles. The summed E-state index contributed by atoms with van der Waals surface area (Å²) in [5.74, 6) is 2.13. The Labute approximate surface area is 203 Å². The van der Waals surface area contributed by atoms with Gasteiger partial charge in [-0.1, -0.05) is 48.9 Å². The summed E-state index contributed by atoms with van der Waals surface area (Å²) in [6.07, 6.45) is 9.08. The highest BCUT2D eigenvalue weighted by molar-refractivity contribution is 5.80. The molecule has 0 fully saturated rings. The Hall–Kier alpha value is -3.27. The second kappa shape index (κ2) is 10.3. The van der Waals surface area contributed by atoms with Crippen LogP contribution in [0.25, 0.3) is 5.57 Å². The first kappa shape index (κ1) is 23.9. The fourth-order valence-electron chi connectivity index (χ4n) is 4.66. The molecule has 4 nitrogen and oxygen atoms in total. The second-order valence-corrected chi connectivity index (χ2v) is 9.32. The van der Waals surface area contributed by atoms with E-state index in [9.17, 15) is 0 Å². The molecule has 178 valence electrons. The average molecular weight is 458 g/mol. The fourth-order valence-corrected chi connectivity index (χ4v) is 4.66. The van der Waals surface area contributed by atoms with Crippen molar-refractivity contribution in [1.29, 1.82) is 5.41 Å². The number of ether oxygens (including phenoxy) is 3. The molecule has 0 bridgehead atoms. The predicted molar refractivity (Wildman–Crippen MR) is 139 cm³/mol. The average Bonchev–Trinajstić information content (AvgIpc) is 3.12. The van der Waals surface area contributed by atoms with Crippen molar-refractivity contribution in [3.8, 4) is 11.5 Å². The van der Waals surface area contributed by atoms with Crippen molar-refractivity contribution in [3.63, 3.8) is 0 Å². The van der Waals surface area contributed by atoms with Gasteiger partial charge in [0, 0.05) is 24.0 Å². The topological polar surface area (TPSA) is 51.5 Å². The van der Waals surface area contributed by atoms with Gasteiger partial charge in [-0.2, -0.15) is 0 Å². The predicted octanol–water partition coefficient (Wildman–Crippen LogP) is 7.69. The zero-order valence-corrected chi connectivity index (χ0v) is 20.9. The van der Waals surface area contributed by atoms with Crippen LogP contribution in [-0.4, -0.2) is 19.6 Å². The van der Waals surface area contributed by atoms with Gasteiger partial charge in [-0.25, -0.2) is 0 Å². The summed E-state index contributed by atoms with van der Waals surface area (Å²) in [7, 11) is 1.54. The van der Waals surface area contributed by atoms with E-state index in [2.05, 4.69) is 76.3 Å². The van der Waals surface area contributed by atoms with Crippen molar-refractivity contribution in [1.82, 2.24) is 0 Å². The van der Waals surface area contributed by atoms with Crippen LogP contribution in [0.1, 0.15) is 74.3 Å². The molecule has 0 amide bonds. The van der Waals surface area contributed by atoms with Gasteiger partial charge >= 0.3 is 0 Å². The second-order valence-electron chi connectivity index (χ2n) is 9.32. The van der Waals surface area contributed by atoms with Crippen LogP contribution < -0.4 is 9.47 Å². The van der Waals surface area contributed by atoms with E-state index in [0.717, 1.165) is 35.5 Å². The number of benzene rings is 2. The molecule has 34 heavy (non-hydrogen) atoms. The normalized spacial score (nSPS) is 18.0. The molecule has 1 aliphatic heterocycles. The molecule has 0 aromatic heterocycles. The van der Waals surface area contributed by atoms with E-state index in [-0.39, 0.29) is 17.9 Å². The standard InChI is InChI=1S/C30H35NO3/c1-6-27(23-9-7-8-22(15-23)25-13-11-19(2)10-12-20(25)3)34-28-17-29-26(14-21(28)4)24(18-33-29)16-30(31)32-5/h7-10,12-15,17,24,27,31H,6,11,16,18H2,1-5H3. The van der Waals surface area contributed by atoms with Crippen LogP contribution in [-0.2, 0) is 4.74 Å². The minimum Gasteiger partial charge on any atom is -0.492 e. The van der Waals surface area contributed by atoms with Crippen molar-refractivity contribution >= 4 is 11.5 Å². The Balaban J connectivity index is 1.57. The SMILES string of the molecule is CCC(Oc1cc2c(cc1C)C(CC(=N)OC)CO2)c1cccc(C2=CCC(C)=CC=C2C)c1. The van der Waals surface area contributed by atoms with Gasteiger partial charge in [0.25, 0.3) is 0 Å². The van der Waals surface area contributed by atoms with Crippen LogP contribution in [0.3, 0.4) is 0 Å². The largest absolute Gasteiger partial charge is 0.492 e. The van der Waals surface area contributed by atoms with E-state index in [1.54, 1.807) is 7.11 Å². The molecular formula is C30H35NO3. The van der Waals surface area contributed by atoms with Crippen LogP contribution in [0, 0.1) is 12.3 Å². The maximum absolute atomic E-state index is 7.87. The highest BCUT2D eigenvalue weighted by Gasteiger charge is 2.27. The summed E-state index contributed by atoms with van der Waals surface area (Å²) in [5, 5.41) is 7.87. The molecule has 1 aliphatic carbocycles. The molecule has 2 aromatic rings. The minimum atomic E-state index is -0.0499. The highest BCUT2D eigenvalue weighted by atomic mass is 16.5. The van der Waals surface area contributed by atoms with Crippen LogP contribution >= 0.6 is 0 Å². The summed E-state index contributed by atoms with van der Waals surface area (Å²) in [6, 6.07) is 12.9. The van der Waals surface area contributed by atoms with Crippen LogP contribution in [0.2, 0.25) is 0 Å². The lowest BCUT2D eigenvalue weighted by Crippen LogP contribution is -2.09. The minimum absolute atomic E-state index is 0.0499. The molecule has 2 atom stereocenters. The summed E-state index contributed by atoms with van der Waals surface area (Å²) < 4.78 is 17.6. The molecule has 4 heteroatoms. The number of allylic oxidation sites excluding steroid dienone is 6. The lowest BCUT2D eigenvalue weighted by molar-refractivity contribution is 0.199. The number of hydrogen-bond acceptors (Lipinski definition) is 4. The Bertz CT molecular complexity index is 1170. The van der Waals surface area contributed by atoms with E-state index in [1.807, 2.05) is 6.07 Å². The lowest BCUT2D eigenvalue weighted by atomic mass is 9.94. The number of fused-ring (bicyclic) bond motifs is 1. The van der Waals surface area contributed by atoms with Gasteiger partial charge in [0.1, 0.15) is 17.6 Å². The molecule has 2 unspecified atom stereocenters. The molecular weight excluding hydrogens is 422 g/mol. The van der Waals surface area contributed by atoms with E-state index in [4.69, 9.17) is 19.6 Å². The number of hydrogen-bond donors (Lipinski definition) is 1. The first-order valence-corrected chi connectivity index (χ1v) is 12.1. The van der Waals surface area contributed by atoms with Gasteiger partial charge in [0.2, 0.25) is 0 Å². The van der Waals surface area contributed by atoms with Crippen molar-refractivity contribution in [2.75, 3.05) is 13.7 Å². The van der Waals surface area contributed by atoms with Gasteiger partial charge in [0.15, 0.2) is 5.90 Å². The van der Waals surface area contributed by atoms with Crippen molar-refractivity contribution in [3.05, 3.63) is 88.0 Å². The fraction of sp³-hybridized carbons (Fsp3) is 0.367. The van der Waals surface area contributed by atoms with E-state index in [1.165, 1.54) is 27.8 Å². The molecule has 0 spiro atoms. The van der Waals surface area contributed by atoms with Crippen molar-refractivity contribution in [2.24, 2.45) is 0 Å². The zero-order chi connectivity index (χ0) is 24.2. The monoisotopic (exact) mass is 457 g/mol. The quantitative estimate of drug-likeness (QED) is 0.342. The number of nitrogens with one attached hydrogen (secondary N) is 1. The first-order chi connectivity index (χ1) is 16.4. The summed E-state index contributed by atoms with van der Waals surface area (Å²) in [5.41, 5.74) is 8.57. The Morgan fingerprint density at radius 1 is 1.15 bits per heavy atom. The van der Waals surface area contributed by atoms with Crippen molar-refractivity contribution in [2.45, 2.75) is 59.0 Å². The van der Waals surface area contributed by atoms with Crippen molar-refractivity contribution < 1.29 is 14.2 Å². The molecule has 0 saturated heterocycles. The molecule has 4 rings (SSSR count). The van der Waals surface area contributed by atoms with Crippen LogP contribution in [0.5, 0.6) is 11.5 Å². The Morgan fingerprint density at radius 3 is 2.74 bits per heavy atom. The number of aryl methyl sites for hydroxylation is 1. The number of rotatable bonds is 7. The van der Waals surface area contributed by atoms with E-state index >= 15 is 0 Å². The van der Waals surface area contributed by atoms with E-state index in [0.29, 0.717) is 13.0 Å². The molecule has 0 radical (unpaired) electrons. The summed E-state index contributed by atoms with van der Waals surface area (Å²) >= 11 is 0. The summed E-state index contributed by atoms with van der Waals surface area (Å²) in [6.45, 7) is 9.16. The van der Waals surface area contributed by atoms with Gasteiger partial charge < -0.3 is 14.2 Å². The Morgan fingerprint density at radius 2 is 1.97 bits per heavy atom. The third-order valence-corrected chi connectivity index (χ3v) is 6.75. The first-order valence-electron chi connectivity index (χ1n) is 12.1. The number of methoxy groups -OCH3 is 1. The van der Waals surface area contributed by atoms with Gasteiger partial charge in [-0.15, -0.1) is 0 Å². The van der Waals surface area contributed by atoms with E-state index < -0.39 is 0 Å². The molecule has 2 aliphatic rings. The Kier molecular flexibility index (Phi) is 7.26. The molecule has 1 N–H and O–H groups in total. The molecule has 0 saturated carbocycles. The maximum atomic E-state index is 7.87. The van der Waals surface area contributed by atoms with Crippen LogP contribution in [0.4, 0.5) is 0 Å².